The molecule has 0 aliphatic carbocycles. The van der Waals surface area contributed by atoms with Gasteiger partial charge in [-0.3, -0.25) is 0 Å². The molecule has 64 valence electrons. The zero-order valence-corrected chi connectivity index (χ0v) is 6.79. The first-order valence-electron chi connectivity index (χ1n) is 3.65. The Morgan fingerprint density at radius 3 is 3.00 bits per heavy atom. The van der Waals surface area contributed by atoms with E-state index < -0.39 is 0 Å². The van der Waals surface area contributed by atoms with E-state index >= 15 is 0 Å². The summed E-state index contributed by atoms with van der Waals surface area (Å²) in [6.07, 6.45) is 0.993. The van der Waals surface area contributed by atoms with E-state index in [4.69, 9.17) is 10.3 Å². The van der Waals surface area contributed by atoms with Gasteiger partial charge in [0.25, 0.3) is 0 Å². The minimum absolute atomic E-state index is 0.427. The molecule has 0 bridgehead atoms. The highest BCUT2D eigenvalue weighted by Gasteiger charge is 1.85. The monoisotopic (exact) mass is 158 g/mol. The minimum Gasteiger partial charge on any atom is -0.381 e. The van der Waals surface area contributed by atoms with Gasteiger partial charge in [-0.2, -0.15) is 0 Å². The standard InChI is InChI=1S/C6H14N4O/c1-8-3-2-5-11-6-4-9-10-7/h8H,2-6H2,1H3. The second-order valence-electron chi connectivity index (χ2n) is 2.02. The Labute approximate surface area is 66.4 Å². The van der Waals surface area contributed by atoms with Crippen molar-refractivity contribution < 1.29 is 4.74 Å². The van der Waals surface area contributed by atoms with Gasteiger partial charge in [0, 0.05) is 18.1 Å². The van der Waals surface area contributed by atoms with E-state index in [1.165, 1.54) is 0 Å². The van der Waals surface area contributed by atoms with Gasteiger partial charge in [0.15, 0.2) is 0 Å². The van der Waals surface area contributed by atoms with Crippen LogP contribution in [0.25, 0.3) is 10.4 Å². The minimum atomic E-state index is 0.427. The first kappa shape index (κ1) is 10.2. The highest BCUT2D eigenvalue weighted by Crippen LogP contribution is 1.81. The summed E-state index contributed by atoms with van der Waals surface area (Å²) in [5, 5.41) is 6.34. The van der Waals surface area contributed by atoms with Crippen molar-refractivity contribution in [2.24, 2.45) is 5.11 Å². The number of nitrogens with one attached hydrogen (secondary N) is 1. The summed E-state index contributed by atoms with van der Waals surface area (Å²) in [5.41, 5.74) is 7.90. The van der Waals surface area contributed by atoms with E-state index in [0.29, 0.717) is 13.2 Å². The lowest BCUT2D eigenvalue weighted by Gasteiger charge is -2.00. The topological polar surface area (TPSA) is 70.0 Å². The summed E-state index contributed by atoms with van der Waals surface area (Å²) in [4.78, 5) is 2.60. The normalized spacial score (nSPS) is 9.18. The van der Waals surface area contributed by atoms with Gasteiger partial charge in [0.2, 0.25) is 0 Å². The summed E-state index contributed by atoms with van der Waals surface area (Å²) >= 11 is 0. The quantitative estimate of drug-likeness (QED) is 0.259. The van der Waals surface area contributed by atoms with Crippen molar-refractivity contribution in [1.82, 2.24) is 5.32 Å². The number of hydrogen-bond donors (Lipinski definition) is 1. The van der Waals surface area contributed by atoms with Gasteiger partial charge in [-0.05, 0) is 25.5 Å². The molecule has 0 aromatic carbocycles. The van der Waals surface area contributed by atoms with Gasteiger partial charge in [-0.25, -0.2) is 0 Å². The molecule has 0 aromatic rings. The van der Waals surface area contributed by atoms with Crippen LogP contribution in [-0.2, 0) is 4.74 Å². The molecule has 0 heterocycles. The zero-order chi connectivity index (χ0) is 8.36. The summed E-state index contributed by atoms with van der Waals surface area (Å²) < 4.78 is 5.13. The number of hydrogen-bond acceptors (Lipinski definition) is 3. The molecule has 0 rings (SSSR count). The van der Waals surface area contributed by atoms with Crippen molar-refractivity contribution in [1.29, 1.82) is 0 Å². The SMILES string of the molecule is CNCCCOCCN=[N+]=[N-]. The highest BCUT2D eigenvalue weighted by molar-refractivity contribution is 4.45. The maximum Gasteiger partial charge on any atom is 0.0522 e. The Morgan fingerprint density at radius 1 is 1.55 bits per heavy atom. The lowest BCUT2D eigenvalue weighted by Crippen LogP contribution is -2.11. The molecule has 0 spiro atoms. The first-order valence-corrected chi connectivity index (χ1v) is 3.65. The van der Waals surface area contributed by atoms with Crippen molar-refractivity contribution in [2.45, 2.75) is 6.42 Å². The van der Waals surface area contributed by atoms with Gasteiger partial charge in [-0.15, -0.1) is 0 Å². The predicted octanol–water partition coefficient (Wildman–Crippen LogP) is 0.923. The average molecular weight is 158 g/mol. The third-order valence-electron chi connectivity index (χ3n) is 1.11. The van der Waals surface area contributed by atoms with Crippen LogP contribution in [0.15, 0.2) is 5.11 Å². The zero-order valence-electron chi connectivity index (χ0n) is 6.79. The van der Waals surface area contributed by atoms with Crippen LogP contribution in [0.4, 0.5) is 0 Å². The second-order valence-corrected chi connectivity index (χ2v) is 2.02. The maximum absolute atomic E-state index is 7.90. The fourth-order valence-electron chi connectivity index (χ4n) is 0.603. The predicted molar refractivity (Wildman–Crippen MR) is 43.4 cm³/mol. The van der Waals surface area contributed by atoms with Gasteiger partial charge in [0.1, 0.15) is 0 Å². The van der Waals surface area contributed by atoms with Crippen LogP contribution in [0.5, 0.6) is 0 Å². The van der Waals surface area contributed by atoms with Crippen LogP contribution in [-0.4, -0.2) is 33.4 Å². The smallest absolute Gasteiger partial charge is 0.0522 e. The molecule has 1 N–H and O–H groups in total. The lowest BCUT2D eigenvalue weighted by molar-refractivity contribution is 0.139. The van der Waals surface area contributed by atoms with E-state index in [2.05, 4.69) is 15.3 Å². The van der Waals surface area contributed by atoms with Crippen molar-refractivity contribution in [3.05, 3.63) is 10.4 Å². The van der Waals surface area contributed by atoms with Crippen LogP contribution in [0.3, 0.4) is 0 Å². The summed E-state index contributed by atoms with van der Waals surface area (Å²) in [5.74, 6) is 0. The molecule has 0 saturated heterocycles. The van der Waals surface area contributed by atoms with Crippen molar-refractivity contribution >= 4 is 0 Å². The summed E-state index contributed by atoms with van der Waals surface area (Å²) in [6, 6.07) is 0. The van der Waals surface area contributed by atoms with Crippen LogP contribution in [0.2, 0.25) is 0 Å². The molecule has 11 heavy (non-hydrogen) atoms. The molecule has 0 unspecified atom stereocenters. The molecule has 0 aliphatic heterocycles. The molecule has 0 fully saturated rings. The molecular weight excluding hydrogens is 144 g/mol. The van der Waals surface area contributed by atoms with E-state index in [1.807, 2.05) is 7.05 Å². The number of rotatable bonds is 7. The Balaban J connectivity index is 2.84. The van der Waals surface area contributed by atoms with Gasteiger partial charge < -0.3 is 10.1 Å². The van der Waals surface area contributed by atoms with Gasteiger partial charge >= 0.3 is 0 Å². The fraction of sp³-hybridized carbons (Fsp3) is 1.00. The molecule has 0 saturated carbocycles. The van der Waals surface area contributed by atoms with Crippen LogP contribution >= 0.6 is 0 Å². The van der Waals surface area contributed by atoms with E-state index in [1.54, 1.807) is 0 Å². The van der Waals surface area contributed by atoms with E-state index in [9.17, 15) is 0 Å². The molecule has 0 atom stereocenters. The van der Waals surface area contributed by atoms with E-state index in [0.717, 1.165) is 19.6 Å². The first-order chi connectivity index (χ1) is 5.41. The second kappa shape index (κ2) is 9.23. The number of nitrogens with zero attached hydrogens (tertiary/aromatic N) is 3. The number of azide groups is 1. The molecule has 0 aromatic heterocycles. The summed E-state index contributed by atoms with van der Waals surface area (Å²) in [6.45, 7) is 2.63. The molecule has 5 nitrogen and oxygen atoms in total. The Hall–Kier alpha value is -0.770. The van der Waals surface area contributed by atoms with Crippen LogP contribution in [0.1, 0.15) is 6.42 Å². The number of ether oxygens (including phenoxy) is 1. The fourth-order valence-corrected chi connectivity index (χ4v) is 0.603. The van der Waals surface area contributed by atoms with Crippen LogP contribution in [0, 0.1) is 0 Å². The van der Waals surface area contributed by atoms with Crippen molar-refractivity contribution in [3.8, 4) is 0 Å². The Kier molecular flexibility index (Phi) is 8.58. The molecule has 0 aliphatic rings. The van der Waals surface area contributed by atoms with Crippen LogP contribution < -0.4 is 5.32 Å². The largest absolute Gasteiger partial charge is 0.381 e. The molecule has 0 amide bonds. The third-order valence-corrected chi connectivity index (χ3v) is 1.11. The molecule has 0 radical (unpaired) electrons. The highest BCUT2D eigenvalue weighted by atomic mass is 16.5. The van der Waals surface area contributed by atoms with Gasteiger partial charge in [0.05, 0.1) is 6.61 Å². The Bertz CT molecular complexity index is 122. The molecular formula is C6H14N4O. The molecule has 5 heteroatoms. The Morgan fingerprint density at radius 2 is 2.36 bits per heavy atom. The van der Waals surface area contributed by atoms with Crippen molar-refractivity contribution in [3.63, 3.8) is 0 Å². The van der Waals surface area contributed by atoms with E-state index in [-0.39, 0.29) is 0 Å². The van der Waals surface area contributed by atoms with Gasteiger partial charge in [-0.1, -0.05) is 5.11 Å². The van der Waals surface area contributed by atoms with Crippen molar-refractivity contribution in [2.75, 3.05) is 33.4 Å². The lowest BCUT2D eigenvalue weighted by atomic mass is 10.4. The maximum atomic E-state index is 7.90. The summed E-state index contributed by atoms with van der Waals surface area (Å²) in [7, 11) is 1.90. The third kappa shape index (κ3) is 9.23. The average Bonchev–Trinajstić information content (AvgIpc) is 2.03.